The maximum Gasteiger partial charge on any atom is 0.152 e. The molecule has 2 N–H and O–H groups in total. The molecule has 0 aliphatic rings. The van der Waals surface area contributed by atoms with E-state index in [1.165, 1.54) is 0 Å². The SMILES string of the molecule is Cc1nc2ccccc2nc1Nc1ccc(Nc2cc(-c3ccccc3)ncn2)cc1. The van der Waals surface area contributed by atoms with Crippen LogP contribution in [0.5, 0.6) is 0 Å². The minimum absolute atomic E-state index is 0.741. The monoisotopic (exact) mass is 404 g/mol. The van der Waals surface area contributed by atoms with Crippen LogP contribution in [0.2, 0.25) is 0 Å². The Morgan fingerprint density at radius 2 is 1.29 bits per heavy atom. The molecule has 5 rings (SSSR count). The Balaban J connectivity index is 1.32. The minimum atomic E-state index is 0.741. The fourth-order valence-corrected chi connectivity index (χ4v) is 3.32. The van der Waals surface area contributed by atoms with Gasteiger partial charge in [-0.15, -0.1) is 0 Å². The predicted octanol–water partition coefficient (Wildman–Crippen LogP) is 5.88. The van der Waals surface area contributed by atoms with E-state index >= 15 is 0 Å². The molecule has 0 fully saturated rings. The van der Waals surface area contributed by atoms with Crippen molar-refractivity contribution >= 4 is 34.0 Å². The molecule has 0 saturated heterocycles. The third kappa shape index (κ3) is 4.18. The molecular weight excluding hydrogens is 384 g/mol. The lowest BCUT2D eigenvalue weighted by Gasteiger charge is -2.11. The quantitative estimate of drug-likeness (QED) is 0.381. The molecule has 150 valence electrons. The molecule has 6 heteroatoms. The van der Waals surface area contributed by atoms with Crippen LogP contribution in [-0.2, 0) is 0 Å². The fourth-order valence-electron chi connectivity index (χ4n) is 3.32. The fraction of sp³-hybridized carbons (Fsp3) is 0.0400. The summed E-state index contributed by atoms with van der Waals surface area (Å²) in [6.07, 6.45) is 1.57. The predicted molar refractivity (Wildman–Crippen MR) is 125 cm³/mol. The molecule has 0 atom stereocenters. The van der Waals surface area contributed by atoms with E-state index in [-0.39, 0.29) is 0 Å². The van der Waals surface area contributed by atoms with Crippen LogP contribution in [0.1, 0.15) is 5.69 Å². The van der Waals surface area contributed by atoms with Crippen LogP contribution in [0, 0.1) is 6.92 Å². The Morgan fingerprint density at radius 1 is 0.645 bits per heavy atom. The highest BCUT2D eigenvalue weighted by molar-refractivity contribution is 5.77. The summed E-state index contributed by atoms with van der Waals surface area (Å²) in [5, 5.41) is 6.69. The zero-order valence-corrected chi connectivity index (χ0v) is 16.9. The van der Waals surface area contributed by atoms with E-state index in [2.05, 4.69) is 25.6 Å². The Kier molecular flexibility index (Phi) is 4.94. The van der Waals surface area contributed by atoms with Gasteiger partial charge in [-0.3, -0.25) is 0 Å². The standard InChI is InChI=1S/C25H20N6/c1-17-25(31-22-10-6-5-9-21(22)28-17)30-20-13-11-19(12-14-20)29-24-15-23(26-16-27-24)18-7-3-2-4-8-18/h2-16H,1H3,(H,30,31)(H,26,27,29). The van der Waals surface area contributed by atoms with Crippen LogP contribution in [0.25, 0.3) is 22.3 Å². The lowest BCUT2D eigenvalue weighted by atomic mass is 10.1. The third-order valence-corrected chi connectivity index (χ3v) is 4.90. The number of anilines is 4. The molecule has 0 aliphatic carbocycles. The van der Waals surface area contributed by atoms with E-state index in [1.807, 2.05) is 91.9 Å². The normalized spacial score (nSPS) is 10.7. The summed E-state index contributed by atoms with van der Waals surface area (Å²) in [7, 11) is 0. The van der Waals surface area contributed by atoms with Crippen LogP contribution in [0.15, 0.2) is 91.3 Å². The topological polar surface area (TPSA) is 75.6 Å². The minimum Gasteiger partial charge on any atom is -0.340 e. The number of hydrogen-bond acceptors (Lipinski definition) is 6. The molecule has 0 spiro atoms. The molecule has 6 nitrogen and oxygen atoms in total. The van der Waals surface area contributed by atoms with Gasteiger partial charge in [0.1, 0.15) is 12.1 Å². The highest BCUT2D eigenvalue weighted by Crippen LogP contribution is 2.24. The van der Waals surface area contributed by atoms with Crippen LogP contribution in [-0.4, -0.2) is 19.9 Å². The molecule has 0 saturated carbocycles. The molecule has 5 aromatic rings. The second kappa shape index (κ2) is 8.20. The zero-order valence-electron chi connectivity index (χ0n) is 16.9. The van der Waals surface area contributed by atoms with E-state index in [4.69, 9.17) is 4.98 Å². The molecule has 2 aromatic heterocycles. The molecule has 0 radical (unpaired) electrons. The first-order chi connectivity index (χ1) is 15.2. The van der Waals surface area contributed by atoms with Gasteiger partial charge in [0.25, 0.3) is 0 Å². The second-order valence-corrected chi connectivity index (χ2v) is 7.13. The summed E-state index contributed by atoms with van der Waals surface area (Å²) < 4.78 is 0. The Morgan fingerprint density at radius 3 is 2.03 bits per heavy atom. The first kappa shape index (κ1) is 18.7. The van der Waals surface area contributed by atoms with Crippen molar-refractivity contribution in [3.63, 3.8) is 0 Å². The summed E-state index contributed by atoms with van der Waals surface area (Å²) in [6, 6.07) is 27.8. The second-order valence-electron chi connectivity index (χ2n) is 7.13. The number of benzene rings is 3. The Bertz CT molecular complexity index is 1330. The first-order valence-corrected chi connectivity index (χ1v) is 9.99. The molecule has 0 unspecified atom stereocenters. The number of para-hydroxylation sites is 2. The van der Waals surface area contributed by atoms with Gasteiger partial charge >= 0.3 is 0 Å². The lowest BCUT2D eigenvalue weighted by molar-refractivity contribution is 1.17. The molecule has 2 heterocycles. The van der Waals surface area contributed by atoms with Crippen LogP contribution < -0.4 is 10.6 Å². The van der Waals surface area contributed by atoms with Gasteiger partial charge in [-0.1, -0.05) is 42.5 Å². The van der Waals surface area contributed by atoms with Crippen molar-refractivity contribution in [2.75, 3.05) is 10.6 Å². The molecular formula is C25H20N6. The smallest absolute Gasteiger partial charge is 0.152 e. The van der Waals surface area contributed by atoms with Gasteiger partial charge in [-0.2, -0.15) is 0 Å². The summed E-state index contributed by atoms with van der Waals surface area (Å²) in [5.74, 6) is 1.49. The summed E-state index contributed by atoms with van der Waals surface area (Å²) in [6.45, 7) is 1.96. The molecule has 3 aromatic carbocycles. The summed E-state index contributed by atoms with van der Waals surface area (Å²) in [4.78, 5) is 18.0. The van der Waals surface area contributed by atoms with Crippen molar-refractivity contribution in [2.24, 2.45) is 0 Å². The van der Waals surface area contributed by atoms with Crippen molar-refractivity contribution in [2.45, 2.75) is 6.92 Å². The number of rotatable bonds is 5. The number of aryl methyl sites for hydroxylation is 1. The van der Waals surface area contributed by atoms with Crippen LogP contribution in [0.3, 0.4) is 0 Å². The Hall–Kier alpha value is -4.32. The number of hydrogen-bond donors (Lipinski definition) is 2. The number of nitrogens with one attached hydrogen (secondary N) is 2. The highest BCUT2D eigenvalue weighted by Gasteiger charge is 2.06. The number of fused-ring (bicyclic) bond motifs is 1. The average molecular weight is 404 g/mol. The van der Waals surface area contributed by atoms with Crippen LogP contribution in [0.4, 0.5) is 23.0 Å². The van der Waals surface area contributed by atoms with E-state index in [9.17, 15) is 0 Å². The van der Waals surface area contributed by atoms with E-state index in [0.29, 0.717) is 0 Å². The van der Waals surface area contributed by atoms with Crippen molar-refractivity contribution in [1.82, 2.24) is 19.9 Å². The first-order valence-electron chi connectivity index (χ1n) is 9.99. The maximum absolute atomic E-state index is 4.69. The summed E-state index contributed by atoms with van der Waals surface area (Å²) in [5.41, 5.74) is 6.42. The highest BCUT2D eigenvalue weighted by atomic mass is 15.0. The zero-order chi connectivity index (χ0) is 21.0. The van der Waals surface area contributed by atoms with E-state index in [0.717, 1.165) is 51.0 Å². The van der Waals surface area contributed by atoms with Gasteiger partial charge in [0.2, 0.25) is 0 Å². The molecule has 0 amide bonds. The third-order valence-electron chi connectivity index (χ3n) is 4.90. The van der Waals surface area contributed by atoms with Gasteiger partial charge in [0.15, 0.2) is 5.82 Å². The number of aromatic nitrogens is 4. The molecule has 31 heavy (non-hydrogen) atoms. The summed E-state index contributed by atoms with van der Waals surface area (Å²) >= 11 is 0. The van der Waals surface area contributed by atoms with Crippen molar-refractivity contribution in [3.05, 3.63) is 97.0 Å². The maximum atomic E-state index is 4.69. The lowest BCUT2D eigenvalue weighted by Crippen LogP contribution is -2.00. The van der Waals surface area contributed by atoms with Crippen molar-refractivity contribution in [1.29, 1.82) is 0 Å². The Labute approximate surface area is 180 Å². The molecule has 0 bridgehead atoms. The van der Waals surface area contributed by atoms with Gasteiger partial charge in [-0.25, -0.2) is 19.9 Å². The van der Waals surface area contributed by atoms with Gasteiger partial charge in [-0.05, 0) is 43.3 Å². The largest absolute Gasteiger partial charge is 0.340 e. The van der Waals surface area contributed by atoms with Gasteiger partial charge < -0.3 is 10.6 Å². The number of nitrogens with zero attached hydrogens (tertiary/aromatic N) is 4. The average Bonchev–Trinajstić information content (AvgIpc) is 2.82. The van der Waals surface area contributed by atoms with Gasteiger partial charge in [0.05, 0.1) is 22.4 Å². The van der Waals surface area contributed by atoms with Crippen molar-refractivity contribution in [3.8, 4) is 11.3 Å². The van der Waals surface area contributed by atoms with E-state index in [1.54, 1.807) is 6.33 Å². The van der Waals surface area contributed by atoms with Gasteiger partial charge in [0, 0.05) is 23.0 Å². The van der Waals surface area contributed by atoms with Crippen LogP contribution >= 0.6 is 0 Å². The molecule has 0 aliphatic heterocycles. The van der Waals surface area contributed by atoms with Crippen molar-refractivity contribution < 1.29 is 0 Å². The van der Waals surface area contributed by atoms with E-state index < -0.39 is 0 Å².